The number of aryl methyl sites for hydroxylation is 2. The molecule has 0 aromatic heterocycles. The van der Waals surface area contributed by atoms with Gasteiger partial charge in [-0.1, -0.05) is 25.1 Å². The number of rotatable bonds is 8. The van der Waals surface area contributed by atoms with Gasteiger partial charge in [-0.25, -0.2) is 0 Å². The van der Waals surface area contributed by atoms with Crippen molar-refractivity contribution in [2.45, 2.75) is 40.0 Å². The van der Waals surface area contributed by atoms with E-state index in [0.717, 1.165) is 49.2 Å². The summed E-state index contributed by atoms with van der Waals surface area (Å²) in [4.78, 5) is 14.3. The van der Waals surface area contributed by atoms with Crippen LogP contribution in [0, 0.1) is 19.3 Å². The number of nitrogens with zero attached hydrogens (tertiary/aromatic N) is 1. The van der Waals surface area contributed by atoms with Crippen molar-refractivity contribution < 1.29 is 14.6 Å². The maximum absolute atomic E-state index is 12.1. The van der Waals surface area contributed by atoms with Gasteiger partial charge >= 0.3 is 0 Å². The molecule has 1 aromatic carbocycles. The van der Waals surface area contributed by atoms with Crippen molar-refractivity contribution in [2.24, 2.45) is 5.41 Å². The number of ether oxygens (including phenoxy) is 1. The Morgan fingerprint density at radius 3 is 2.48 bits per heavy atom. The molecule has 25 heavy (non-hydrogen) atoms. The molecule has 0 saturated carbocycles. The summed E-state index contributed by atoms with van der Waals surface area (Å²) in [5.41, 5.74) is 2.29. The van der Waals surface area contributed by atoms with E-state index >= 15 is 0 Å². The fourth-order valence-electron chi connectivity index (χ4n) is 3.44. The number of carbonyl (C=O) groups is 1. The van der Waals surface area contributed by atoms with Crippen LogP contribution in [-0.4, -0.2) is 55.3 Å². The van der Waals surface area contributed by atoms with Crippen LogP contribution in [0.25, 0.3) is 0 Å². The summed E-state index contributed by atoms with van der Waals surface area (Å²) in [5.74, 6) is 0.950. The highest BCUT2D eigenvalue weighted by Crippen LogP contribution is 2.33. The van der Waals surface area contributed by atoms with Gasteiger partial charge in [0.05, 0.1) is 13.1 Å². The van der Waals surface area contributed by atoms with Crippen LogP contribution in [0.2, 0.25) is 0 Å². The zero-order valence-corrected chi connectivity index (χ0v) is 15.8. The van der Waals surface area contributed by atoms with Crippen molar-refractivity contribution in [3.8, 4) is 5.75 Å². The van der Waals surface area contributed by atoms with Crippen molar-refractivity contribution in [1.29, 1.82) is 0 Å². The summed E-state index contributed by atoms with van der Waals surface area (Å²) in [6.07, 6.45) is 2.92. The first kappa shape index (κ1) is 19.7. The molecule has 0 aliphatic carbocycles. The highest BCUT2D eigenvalue weighted by molar-refractivity contribution is 5.78. The predicted molar refractivity (Wildman–Crippen MR) is 99.9 cm³/mol. The predicted octanol–water partition coefficient (Wildman–Crippen LogP) is 2.28. The zero-order chi connectivity index (χ0) is 18.3. The Labute approximate surface area is 151 Å². The van der Waals surface area contributed by atoms with E-state index in [2.05, 4.69) is 17.1 Å². The molecule has 5 nitrogen and oxygen atoms in total. The van der Waals surface area contributed by atoms with Gasteiger partial charge in [0.1, 0.15) is 12.4 Å². The Hall–Kier alpha value is -1.59. The van der Waals surface area contributed by atoms with Crippen LogP contribution in [0.15, 0.2) is 18.2 Å². The van der Waals surface area contributed by atoms with Gasteiger partial charge in [0.15, 0.2) is 0 Å². The monoisotopic (exact) mass is 348 g/mol. The topological polar surface area (TPSA) is 61.8 Å². The molecular weight excluding hydrogens is 316 g/mol. The number of nitrogens with one attached hydrogen (secondary N) is 1. The maximum atomic E-state index is 12.1. The average molecular weight is 348 g/mol. The molecule has 5 heteroatoms. The maximum Gasteiger partial charge on any atom is 0.234 e. The molecular formula is C20H32N2O3. The van der Waals surface area contributed by atoms with Gasteiger partial charge in [-0.3, -0.25) is 9.69 Å². The Morgan fingerprint density at radius 2 is 1.92 bits per heavy atom. The van der Waals surface area contributed by atoms with Crippen molar-refractivity contribution >= 4 is 5.91 Å². The number of likely N-dealkylation sites (tertiary alicyclic amines) is 1. The molecule has 1 amide bonds. The number of benzene rings is 1. The lowest BCUT2D eigenvalue weighted by Crippen LogP contribution is -2.46. The summed E-state index contributed by atoms with van der Waals surface area (Å²) in [6.45, 7) is 9.60. The van der Waals surface area contributed by atoms with E-state index in [1.807, 2.05) is 32.0 Å². The lowest BCUT2D eigenvalue weighted by Gasteiger charge is -2.39. The van der Waals surface area contributed by atoms with Crippen molar-refractivity contribution in [3.63, 3.8) is 0 Å². The van der Waals surface area contributed by atoms with Gasteiger partial charge in [0.25, 0.3) is 0 Å². The largest absolute Gasteiger partial charge is 0.491 e. The molecule has 140 valence electrons. The summed E-state index contributed by atoms with van der Waals surface area (Å²) in [7, 11) is 0. The van der Waals surface area contributed by atoms with Gasteiger partial charge in [-0.15, -0.1) is 0 Å². The molecule has 1 heterocycles. The minimum Gasteiger partial charge on any atom is -0.491 e. The lowest BCUT2D eigenvalue weighted by atomic mass is 9.77. The summed E-state index contributed by atoms with van der Waals surface area (Å²) in [5, 5.41) is 12.5. The summed E-state index contributed by atoms with van der Waals surface area (Å²) >= 11 is 0. The van der Waals surface area contributed by atoms with E-state index < -0.39 is 0 Å². The smallest absolute Gasteiger partial charge is 0.234 e. The van der Waals surface area contributed by atoms with Crippen molar-refractivity contribution in [3.05, 3.63) is 29.3 Å². The van der Waals surface area contributed by atoms with Gasteiger partial charge < -0.3 is 15.2 Å². The van der Waals surface area contributed by atoms with Crippen LogP contribution < -0.4 is 10.1 Å². The summed E-state index contributed by atoms with van der Waals surface area (Å²) < 4.78 is 5.81. The fraction of sp³-hybridized carbons (Fsp3) is 0.650. The lowest BCUT2D eigenvalue weighted by molar-refractivity contribution is -0.123. The second-order valence-corrected chi connectivity index (χ2v) is 7.21. The van der Waals surface area contributed by atoms with E-state index in [0.29, 0.717) is 19.7 Å². The fourth-order valence-corrected chi connectivity index (χ4v) is 3.44. The SMILES string of the molecule is CCC1(CO)CCN(CC(=O)NCCOc2c(C)cccc2C)CC1. The third-order valence-corrected chi connectivity index (χ3v) is 5.45. The zero-order valence-electron chi connectivity index (χ0n) is 15.8. The second-order valence-electron chi connectivity index (χ2n) is 7.21. The molecule has 1 aromatic rings. The number of amides is 1. The highest BCUT2D eigenvalue weighted by atomic mass is 16.5. The third kappa shape index (κ3) is 5.44. The van der Waals surface area contributed by atoms with Gasteiger partial charge in [-0.05, 0) is 62.7 Å². The van der Waals surface area contributed by atoms with Gasteiger partial charge in [-0.2, -0.15) is 0 Å². The molecule has 0 atom stereocenters. The standard InChI is InChI=1S/C20H32N2O3/c1-4-20(15-23)8-11-22(12-9-20)14-18(24)21-10-13-25-19-16(2)6-5-7-17(19)3/h5-7,23H,4,8-15H2,1-3H3,(H,21,24). The number of aliphatic hydroxyl groups excluding tert-OH is 1. The van der Waals surface area contributed by atoms with E-state index in [1.54, 1.807) is 0 Å². The normalized spacial score (nSPS) is 17.3. The minimum atomic E-state index is 0.0399. The van der Waals surface area contributed by atoms with Gasteiger partial charge in [0.2, 0.25) is 5.91 Å². The Balaban J connectivity index is 1.67. The van der Waals surface area contributed by atoms with Crippen LogP contribution in [-0.2, 0) is 4.79 Å². The molecule has 1 aliphatic heterocycles. The van der Waals surface area contributed by atoms with Gasteiger partial charge in [0, 0.05) is 6.61 Å². The van der Waals surface area contributed by atoms with E-state index in [1.165, 1.54) is 0 Å². The van der Waals surface area contributed by atoms with Crippen molar-refractivity contribution in [2.75, 3.05) is 39.4 Å². The molecule has 1 fully saturated rings. The number of aliphatic hydroxyl groups is 1. The van der Waals surface area contributed by atoms with E-state index in [4.69, 9.17) is 4.74 Å². The third-order valence-electron chi connectivity index (χ3n) is 5.45. The Morgan fingerprint density at radius 1 is 1.28 bits per heavy atom. The number of hydrogen-bond acceptors (Lipinski definition) is 4. The number of piperidine rings is 1. The Bertz CT molecular complexity index is 540. The van der Waals surface area contributed by atoms with Crippen LogP contribution in [0.4, 0.5) is 0 Å². The second kappa shape index (κ2) is 9.20. The van der Waals surface area contributed by atoms with E-state index in [-0.39, 0.29) is 17.9 Å². The molecule has 2 rings (SSSR count). The molecule has 2 N–H and O–H groups in total. The highest BCUT2D eigenvalue weighted by Gasteiger charge is 2.32. The molecule has 0 spiro atoms. The average Bonchev–Trinajstić information content (AvgIpc) is 2.61. The van der Waals surface area contributed by atoms with Crippen LogP contribution in [0.3, 0.4) is 0 Å². The van der Waals surface area contributed by atoms with Crippen LogP contribution in [0.5, 0.6) is 5.75 Å². The van der Waals surface area contributed by atoms with Crippen LogP contribution in [0.1, 0.15) is 37.3 Å². The molecule has 1 aliphatic rings. The first-order valence-electron chi connectivity index (χ1n) is 9.28. The minimum absolute atomic E-state index is 0.0399. The summed E-state index contributed by atoms with van der Waals surface area (Å²) in [6, 6.07) is 6.07. The quantitative estimate of drug-likeness (QED) is 0.708. The number of para-hydroxylation sites is 1. The molecule has 1 saturated heterocycles. The Kier molecular flexibility index (Phi) is 7.26. The number of carbonyl (C=O) groups excluding carboxylic acids is 1. The molecule has 0 unspecified atom stereocenters. The van der Waals surface area contributed by atoms with Crippen molar-refractivity contribution in [1.82, 2.24) is 10.2 Å². The first-order chi connectivity index (χ1) is 12.0. The van der Waals surface area contributed by atoms with E-state index in [9.17, 15) is 9.90 Å². The molecule has 0 radical (unpaired) electrons. The van der Waals surface area contributed by atoms with Crippen LogP contribution >= 0.6 is 0 Å². The molecule has 0 bridgehead atoms. The first-order valence-corrected chi connectivity index (χ1v) is 9.28. The number of hydrogen-bond donors (Lipinski definition) is 2.